The van der Waals surface area contributed by atoms with Gasteiger partial charge in [-0.25, -0.2) is 9.78 Å². The van der Waals surface area contributed by atoms with Crippen LogP contribution in [0.4, 0.5) is 0 Å². The normalized spacial score (nSPS) is 11.4. The Morgan fingerprint density at radius 2 is 1.88 bits per heavy atom. The van der Waals surface area contributed by atoms with Gasteiger partial charge in [-0.15, -0.1) is 0 Å². The number of pyridine rings is 1. The van der Waals surface area contributed by atoms with Gasteiger partial charge in [0.05, 0.1) is 10.6 Å². The predicted molar refractivity (Wildman–Crippen MR) is 96.2 cm³/mol. The molecule has 0 aliphatic carbocycles. The number of fused-ring (bicyclic) bond motifs is 1. The molecule has 0 spiro atoms. The van der Waals surface area contributed by atoms with Crippen molar-refractivity contribution in [3.63, 3.8) is 0 Å². The molecular weight excluding hydrogens is 342 g/mol. The first-order chi connectivity index (χ1) is 12.0. The second kappa shape index (κ2) is 6.72. The highest BCUT2D eigenvalue weighted by Gasteiger charge is 2.22. The van der Waals surface area contributed by atoms with Gasteiger partial charge < -0.3 is 10.2 Å². The van der Waals surface area contributed by atoms with Crippen molar-refractivity contribution in [2.45, 2.75) is 32.7 Å². The molecule has 0 saturated heterocycles. The molecule has 3 rings (SSSR count). The third-order valence-corrected chi connectivity index (χ3v) is 4.66. The van der Waals surface area contributed by atoms with Gasteiger partial charge in [-0.05, 0) is 30.5 Å². The Labute approximate surface area is 149 Å². The van der Waals surface area contributed by atoms with Crippen molar-refractivity contribution in [3.05, 3.63) is 41.0 Å². The molecule has 6 nitrogen and oxygen atoms in total. The Balaban J connectivity index is 2.30. The highest BCUT2D eigenvalue weighted by Crippen LogP contribution is 2.38. The number of benzene rings is 1. The Bertz CT molecular complexity index is 931. The number of aromatic nitrogens is 3. The number of imidazole rings is 1. The zero-order chi connectivity index (χ0) is 18.1. The molecule has 3 aromatic rings. The summed E-state index contributed by atoms with van der Waals surface area (Å²) in [7, 11) is 0. The number of carboxylic acids is 1. The number of hydrogen-bond donors (Lipinski definition) is 2. The van der Waals surface area contributed by atoms with Crippen LogP contribution in [0.2, 0.25) is 5.02 Å². The topological polar surface area (TPSA) is 88.2 Å². The summed E-state index contributed by atoms with van der Waals surface area (Å²) in [5.41, 5.74) is 2.69. The molecule has 0 atom stereocenters. The van der Waals surface area contributed by atoms with Crippen LogP contribution in [0, 0.1) is 0 Å². The maximum atomic E-state index is 11.1. The average Bonchev–Trinajstić information content (AvgIpc) is 2.93. The number of nitrogens with zero attached hydrogens (tertiary/aromatic N) is 3. The standard InChI is InChI=1S/C18H18ClN3O3/c1-3-12(4-2)22-15-14(10-5-7-11(8-6-10)17(23)24)13(19)9-20-16(15)21-18(22)25/h5-9,12H,3-4H2,1-2H3,(H,23,24)(H,20,21,25). The number of aromatic hydroxyl groups is 1. The van der Waals surface area contributed by atoms with Crippen molar-refractivity contribution in [3.8, 4) is 17.1 Å². The van der Waals surface area contributed by atoms with Gasteiger partial charge in [0.25, 0.3) is 6.01 Å². The van der Waals surface area contributed by atoms with Crippen LogP contribution in [0.1, 0.15) is 43.1 Å². The largest absolute Gasteiger partial charge is 0.480 e. The molecular formula is C18H18ClN3O3. The van der Waals surface area contributed by atoms with E-state index < -0.39 is 5.97 Å². The summed E-state index contributed by atoms with van der Waals surface area (Å²) in [6, 6.07) is 6.41. The van der Waals surface area contributed by atoms with Crippen LogP contribution in [-0.4, -0.2) is 30.7 Å². The summed E-state index contributed by atoms with van der Waals surface area (Å²) >= 11 is 6.41. The minimum Gasteiger partial charge on any atom is -0.480 e. The van der Waals surface area contributed by atoms with Crippen molar-refractivity contribution in [1.29, 1.82) is 0 Å². The second-order valence-electron chi connectivity index (χ2n) is 5.79. The average molecular weight is 360 g/mol. The van der Waals surface area contributed by atoms with Gasteiger partial charge in [0.1, 0.15) is 5.52 Å². The van der Waals surface area contributed by atoms with E-state index in [9.17, 15) is 9.90 Å². The summed E-state index contributed by atoms with van der Waals surface area (Å²) in [4.78, 5) is 19.5. The van der Waals surface area contributed by atoms with E-state index in [1.807, 2.05) is 13.8 Å². The van der Waals surface area contributed by atoms with Crippen LogP contribution in [0.25, 0.3) is 22.3 Å². The Morgan fingerprint density at radius 1 is 1.24 bits per heavy atom. The fourth-order valence-electron chi connectivity index (χ4n) is 3.08. The number of carboxylic acid groups (broad SMARTS) is 1. The molecule has 0 fully saturated rings. The molecule has 2 heterocycles. The first kappa shape index (κ1) is 17.2. The molecule has 25 heavy (non-hydrogen) atoms. The number of aromatic carboxylic acids is 1. The van der Waals surface area contributed by atoms with Gasteiger partial charge >= 0.3 is 5.97 Å². The lowest BCUT2D eigenvalue weighted by atomic mass is 10.0. The molecule has 0 aliphatic rings. The van der Waals surface area contributed by atoms with E-state index in [4.69, 9.17) is 16.7 Å². The van der Waals surface area contributed by atoms with Gasteiger partial charge in [-0.1, -0.05) is 37.6 Å². The maximum absolute atomic E-state index is 11.1. The second-order valence-corrected chi connectivity index (χ2v) is 6.20. The SMILES string of the molecule is CCC(CC)n1c(O)nc2ncc(Cl)c(-c3ccc(C(=O)O)cc3)c21. The molecule has 2 aromatic heterocycles. The Kier molecular flexibility index (Phi) is 4.63. The monoisotopic (exact) mass is 359 g/mol. The van der Waals surface area contributed by atoms with Gasteiger partial charge in [-0.2, -0.15) is 4.98 Å². The lowest BCUT2D eigenvalue weighted by molar-refractivity contribution is 0.0697. The summed E-state index contributed by atoms with van der Waals surface area (Å²) in [5, 5.41) is 19.8. The minimum absolute atomic E-state index is 0.0577. The molecule has 1 aromatic carbocycles. The summed E-state index contributed by atoms with van der Waals surface area (Å²) in [5.74, 6) is -0.989. The van der Waals surface area contributed by atoms with Gasteiger partial charge in [0.15, 0.2) is 5.65 Å². The molecule has 0 bridgehead atoms. The molecule has 7 heteroatoms. The predicted octanol–water partition coefficient (Wildman–Crippen LogP) is 4.52. The lowest BCUT2D eigenvalue weighted by Gasteiger charge is -2.18. The van der Waals surface area contributed by atoms with Crippen LogP contribution < -0.4 is 0 Å². The van der Waals surface area contributed by atoms with Gasteiger partial charge in [0.2, 0.25) is 0 Å². The molecule has 0 amide bonds. The molecule has 0 aliphatic heterocycles. The summed E-state index contributed by atoms with van der Waals surface area (Å²) < 4.78 is 1.76. The third kappa shape index (κ3) is 2.93. The van der Waals surface area contributed by atoms with Crippen LogP contribution in [-0.2, 0) is 0 Å². The van der Waals surface area contributed by atoms with E-state index in [1.54, 1.807) is 16.7 Å². The summed E-state index contributed by atoms with van der Waals surface area (Å²) in [6.45, 7) is 4.08. The highest BCUT2D eigenvalue weighted by atomic mass is 35.5. The minimum atomic E-state index is -0.989. The number of carbonyl (C=O) groups is 1. The van der Waals surface area contributed by atoms with Crippen molar-refractivity contribution >= 4 is 28.7 Å². The zero-order valence-electron chi connectivity index (χ0n) is 13.9. The van der Waals surface area contributed by atoms with Crippen molar-refractivity contribution in [2.75, 3.05) is 0 Å². The first-order valence-corrected chi connectivity index (χ1v) is 8.44. The fourth-order valence-corrected chi connectivity index (χ4v) is 3.33. The number of hydrogen-bond acceptors (Lipinski definition) is 4. The highest BCUT2D eigenvalue weighted by molar-refractivity contribution is 6.34. The van der Waals surface area contributed by atoms with E-state index in [-0.39, 0.29) is 17.6 Å². The molecule has 2 N–H and O–H groups in total. The maximum Gasteiger partial charge on any atom is 0.335 e. The molecule has 0 saturated carbocycles. The van der Waals surface area contributed by atoms with Crippen molar-refractivity contribution in [2.24, 2.45) is 0 Å². The van der Waals surface area contributed by atoms with Gasteiger partial charge in [0, 0.05) is 17.8 Å². The van der Waals surface area contributed by atoms with E-state index in [0.29, 0.717) is 21.7 Å². The summed E-state index contributed by atoms with van der Waals surface area (Å²) in [6.07, 6.45) is 3.13. The smallest absolute Gasteiger partial charge is 0.335 e. The third-order valence-electron chi connectivity index (χ3n) is 4.38. The Morgan fingerprint density at radius 3 is 2.44 bits per heavy atom. The molecule has 0 unspecified atom stereocenters. The number of halogens is 1. The van der Waals surface area contributed by atoms with E-state index in [2.05, 4.69) is 9.97 Å². The number of rotatable bonds is 5. The van der Waals surface area contributed by atoms with Crippen LogP contribution in [0.3, 0.4) is 0 Å². The van der Waals surface area contributed by atoms with Crippen LogP contribution in [0.15, 0.2) is 30.5 Å². The van der Waals surface area contributed by atoms with Crippen LogP contribution >= 0.6 is 11.6 Å². The Hall–Kier alpha value is -2.60. The van der Waals surface area contributed by atoms with Gasteiger partial charge in [-0.3, -0.25) is 4.57 Å². The van der Waals surface area contributed by atoms with Crippen molar-refractivity contribution < 1.29 is 15.0 Å². The quantitative estimate of drug-likeness (QED) is 0.699. The molecule has 130 valence electrons. The van der Waals surface area contributed by atoms with E-state index in [1.165, 1.54) is 18.3 Å². The van der Waals surface area contributed by atoms with E-state index >= 15 is 0 Å². The lowest BCUT2D eigenvalue weighted by Crippen LogP contribution is -2.07. The van der Waals surface area contributed by atoms with Crippen LogP contribution in [0.5, 0.6) is 6.01 Å². The van der Waals surface area contributed by atoms with Crippen molar-refractivity contribution in [1.82, 2.24) is 14.5 Å². The van der Waals surface area contributed by atoms with E-state index in [0.717, 1.165) is 18.4 Å². The zero-order valence-corrected chi connectivity index (χ0v) is 14.7. The fraction of sp³-hybridized carbons (Fsp3) is 0.278. The first-order valence-electron chi connectivity index (χ1n) is 8.07. The molecule has 0 radical (unpaired) electrons.